The van der Waals surface area contributed by atoms with E-state index in [-0.39, 0.29) is 18.6 Å². The van der Waals surface area contributed by atoms with E-state index in [2.05, 4.69) is 10.6 Å². The number of aliphatic hydroxyl groups is 1. The van der Waals surface area contributed by atoms with Crippen molar-refractivity contribution in [3.63, 3.8) is 0 Å². The van der Waals surface area contributed by atoms with Gasteiger partial charge < -0.3 is 20.5 Å². The van der Waals surface area contributed by atoms with Gasteiger partial charge in [-0.05, 0) is 39.7 Å². The first kappa shape index (κ1) is 18.4. The van der Waals surface area contributed by atoms with Gasteiger partial charge in [-0.1, -0.05) is 0 Å². The summed E-state index contributed by atoms with van der Waals surface area (Å²) in [7, 11) is 0. The summed E-state index contributed by atoms with van der Waals surface area (Å²) in [5, 5.41) is 15.4. The Morgan fingerprint density at radius 1 is 1.52 bits per heavy atom. The van der Waals surface area contributed by atoms with Crippen molar-refractivity contribution in [1.29, 1.82) is 0 Å². The number of carbonyl (C=O) groups is 1. The fraction of sp³-hybridized carbons (Fsp3) is 0.933. The minimum absolute atomic E-state index is 0.0194. The van der Waals surface area contributed by atoms with Crippen LogP contribution >= 0.6 is 0 Å². The zero-order valence-electron chi connectivity index (χ0n) is 13.4. The van der Waals surface area contributed by atoms with Gasteiger partial charge in [0, 0.05) is 32.3 Å². The van der Waals surface area contributed by atoms with Crippen molar-refractivity contribution in [2.45, 2.75) is 45.3 Å². The first-order valence-electron chi connectivity index (χ1n) is 8.06. The number of aliphatic hydroxyl groups excluding tert-OH is 1. The van der Waals surface area contributed by atoms with Gasteiger partial charge in [0.2, 0.25) is 5.91 Å². The lowest BCUT2D eigenvalue weighted by atomic mass is 10.2. The van der Waals surface area contributed by atoms with E-state index in [1.807, 2.05) is 18.7 Å². The molecule has 0 saturated carbocycles. The van der Waals surface area contributed by atoms with Crippen LogP contribution in [0.15, 0.2) is 0 Å². The van der Waals surface area contributed by atoms with Gasteiger partial charge in [0.05, 0.1) is 19.3 Å². The summed E-state index contributed by atoms with van der Waals surface area (Å²) >= 11 is 0. The third-order valence-electron chi connectivity index (χ3n) is 3.52. The number of hydrogen-bond acceptors (Lipinski definition) is 5. The Balaban J connectivity index is 2.15. The highest BCUT2D eigenvalue weighted by Crippen LogP contribution is 2.06. The van der Waals surface area contributed by atoms with E-state index in [9.17, 15) is 4.79 Å². The van der Waals surface area contributed by atoms with E-state index in [4.69, 9.17) is 9.84 Å². The van der Waals surface area contributed by atoms with Crippen LogP contribution in [-0.2, 0) is 9.53 Å². The van der Waals surface area contributed by atoms with Crippen molar-refractivity contribution in [2.75, 3.05) is 45.9 Å². The van der Waals surface area contributed by atoms with Gasteiger partial charge >= 0.3 is 0 Å². The molecule has 0 aromatic rings. The Kier molecular flexibility index (Phi) is 9.58. The minimum Gasteiger partial charge on any atom is -0.395 e. The van der Waals surface area contributed by atoms with Crippen LogP contribution in [0.4, 0.5) is 0 Å². The first-order valence-corrected chi connectivity index (χ1v) is 8.06. The van der Waals surface area contributed by atoms with Gasteiger partial charge in [0.15, 0.2) is 0 Å². The Labute approximate surface area is 128 Å². The quantitative estimate of drug-likeness (QED) is 0.467. The fourth-order valence-electron chi connectivity index (χ4n) is 2.48. The van der Waals surface area contributed by atoms with Gasteiger partial charge in [-0.25, -0.2) is 0 Å². The Morgan fingerprint density at radius 3 is 2.95 bits per heavy atom. The number of nitrogens with one attached hydrogen (secondary N) is 2. The van der Waals surface area contributed by atoms with Crippen LogP contribution in [0.2, 0.25) is 0 Å². The topological polar surface area (TPSA) is 73.8 Å². The van der Waals surface area contributed by atoms with Crippen LogP contribution < -0.4 is 10.6 Å². The molecule has 6 heteroatoms. The second-order valence-electron chi connectivity index (χ2n) is 5.88. The third kappa shape index (κ3) is 9.03. The average molecular weight is 301 g/mol. The summed E-state index contributed by atoms with van der Waals surface area (Å²) in [5.74, 6) is 0.0194. The monoisotopic (exact) mass is 301 g/mol. The standard InChI is InChI=1S/C15H31N3O3/c1-13(2)21-10-4-7-17-15(20)12-18(8-9-19)11-14-5-3-6-16-14/h13-14,16,19H,3-12H2,1-2H3,(H,17,20). The van der Waals surface area contributed by atoms with E-state index < -0.39 is 0 Å². The molecule has 0 aromatic heterocycles. The predicted molar refractivity (Wildman–Crippen MR) is 83.3 cm³/mol. The minimum atomic E-state index is 0.0194. The second-order valence-corrected chi connectivity index (χ2v) is 5.88. The molecule has 124 valence electrons. The largest absolute Gasteiger partial charge is 0.395 e. The molecule has 1 rings (SSSR count). The van der Waals surface area contributed by atoms with Crippen molar-refractivity contribution in [3.05, 3.63) is 0 Å². The first-order chi connectivity index (χ1) is 10.1. The molecule has 0 bridgehead atoms. The summed E-state index contributed by atoms with van der Waals surface area (Å²) in [6.07, 6.45) is 3.41. The normalized spacial score (nSPS) is 18.6. The van der Waals surface area contributed by atoms with E-state index in [1.54, 1.807) is 0 Å². The molecular formula is C15H31N3O3. The van der Waals surface area contributed by atoms with Gasteiger partial charge in [-0.2, -0.15) is 0 Å². The molecule has 1 aliphatic heterocycles. The zero-order valence-corrected chi connectivity index (χ0v) is 13.4. The van der Waals surface area contributed by atoms with Crippen LogP contribution in [0.25, 0.3) is 0 Å². The van der Waals surface area contributed by atoms with Crippen LogP contribution in [0.1, 0.15) is 33.1 Å². The molecule has 0 aliphatic carbocycles. The maximum atomic E-state index is 11.9. The molecular weight excluding hydrogens is 270 g/mol. The Hall–Kier alpha value is -0.690. The summed E-state index contributed by atoms with van der Waals surface area (Å²) in [6.45, 7) is 8.17. The molecule has 0 aromatic carbocycles. The molecule has 21 heavy (non-hydrogen) atoms. The smallest absolute Gasteiger partial charge is 0.234 e. The summed E-state index contributed by atoms with van der Waals surface area (Å²) < 4.78 is 5.43. The van der Waals surface area contributed by atoms with Crippen molar-refractivity contribution >= 4 is 5.91 Å². The lowest BCUT2D eigenvalue weighted by Gasteiger charge is -2.24. The lowest BCUT2D eigenvalue weighted by molar-refractivity contribution is -0.122. The molecule has 1 fully saturated rings. The van der Waals surface area contributed by atoms with E-state index in [0.29, 0.717) is 32.3 Å². The highest BCUT2D eigenvalue weighted by Gasteiger charge is 2.19. The second kappa shape index (κ2) is 11.0. The van der Waals surface area contributed by atoms with Crippen molar-refractivity contribution < 1.29 is 14.6 Å². The summed E-state index contributed by atoms with van der Waals surface area (Å²) in [5.41, 5.74) is 0. The Bertz CT molecular complexity index is 281. The lowest BCUT2D eigenvalue weighted by Crippen LogP contribution is -2.44. The SMILES string of the molecule is CC(C)OCCCNC(=O)CN(CCO)CC1CCCN1. The summed E-state index contributed by atoms with van der Waals surface area (Å²) in [6, 6.07) is 0.448. The highest BCUT2D eigenvalue weighted by atomic mass is 16.5. The van der Waals surface area contributed by atoms with E-state index in [0.717, 1.165) is 25.9 Å². The van der Waals surface area contributed by atoms with Crippen LogP contribution in [0, 0.1) is 0 Å². The number of hydrogen-bond donors (Lipinski definition) is 3. The van der Waals surface area contributed by atoms with Gasteiger partial charge in [0.25, 0.3) is 0 Å². The number of carbonyl (C=O) groups excluding carboxylic acids is 1. The van der Waals surface area contributed by atoms with Crippen LogP contribution in [-0.4, -0.2) is 74.0 Å². The number of ether oxygens (including phenoxy) is 1. The molecule has 1 amide bonds. The molecule has 3 N–H and O–H groups in total. The van der Waals surface area contributed by atoms with E-state index in [1.165, 1.54) is 6.42 Å². The van der Waals surface area contributed by atoms with E-state index >= 15 is 0 Å². The van der Waals surface area contributed by atoms with Crippen LogP contribution in [0.5, 0.6) is 0 Å². The molecule has 1 atom stereocenters. The van der Waals surface area contributed by atoms with Crippen molar-refractivity contribution in [3.8, 4) is 0 Å². The number of nitrogens with zero attached hydrogens (tertiary/aromatic N) is 1. The maximum absolute atomic E-state index is 11.9. The number of amides is 1. The predicted octanol–water partition coefficient (Wildman–Crippen LogP) is -0.0360. The molecule has 1 heterocycles. The fourth-order valence-corrected chi connectivity index (χ4v) is 2.48. The average Bonchev–Trinajstić information content (AvgIpc) is 2.91. The highest BCUT2D eigenvalue weighted by molar-refractivity contribution is 5.77. The summed E-state index contributed by atoms with van der Waals surface area (Å²) in [4.78, 5) is 13.9. The number of rotatable bonds is 11. The maximum Gasteiger partial charge on any atom is 0.234 e. The van der Waals surface area contributed by atoms with Crippen molar-refractivity contribution in [2.24, 2.45) is 0 Å². The van der Waals surface area contributed by atoms with Crippen LogP contribution in [0.3, 0.4) is 0 Å². The molecule has 6 nitrogen and oxygen atoms in total. The zero-order chi connectivity index (χ0) is 15.5. The molecule has 1 unspecified atom stereocenters. The molecule has 0 spiro atoms. The third-order valence-corrected chi connectivity index (χ3v) is 3.52. The Morgan fingerprint density at radius 2 is 2.33 bits per heavy atom. The van der Waals surface area contributed by atoms with Gasteiger partial charge in [-0.15, -0.1) is 0 Å². The molecule has 1 saturated heterocycles. The molecule has 0 radical (unpaired) electrons. The van der Waals surface area contributed by atoms with Crippen molar-refractivity contribution in [1.82, 2.24) is 15.5 Å². The molecule has 1 aliphatic rings. The van der Waals surface area contributed by atoms with Gasteiger partial charge in [0.1, 0.15) is 0 Å². The van der Waals surface area contributed by atoms with Gasteiger partial charge in [-0.3, -0.25) is 9.69 Å².